The van der Waals surface area contributed by atoms with Gasteiger partial charge in [-0.15, -0.1) is 0 Å². The highest BCUT2D eigenvalue weighted by molar-refractivity contribution is 5.97. The van der Waals surface area contributed by atoms with Crippen molar-refractivity contribution in [2.45, 2.75) is 70.9 Å². The molecule has 2 heterocycles. The fourth-order valence-corrected chi connectivity index (χ4v) is 5.58. The van der Waals surface area contributed by atoms with E-state index in [1.54, 1.807) is 49.6 Å². The molecule has 2 aliphatic rings. The number of hydrogen-bond donors (Lipinski definition) is 0. The molecule has 49 heavy (non-hydrogen) atoms. The normalized spacial score (nSPS) is 24.7. The molecule has 0 bridgehead atoms. The number of carbonyl (C=O) groups is 2. The monoisotopic (exact) mass is 672 g/mol. The molecular formula is C39H44O10. The zero-order chi connectivity index (χ0) is 35.0. The van der Waals surface area contributed by atoms with Crippen molar-refractivity contribution in [1.82, 2.24) is 0 Å². The van der Waals surface area contributed by atoms with Gasteiger partial charge in [0.05, 0.1) is 18.8 Å². The molecule has 260 valence electrons. The maximum Gasteiger partial charge on any atom is 0.342 e. The van der Waals surface area contributed by atoms with Crippen molar-refractivity contribution in [2.24, 2.45) is 5.92 Å². The third-order valence-electron chi connectivity index (χ3n) is 8.31. The predicted octanol–water partition coefficient (Wildman–Crippen LogP) is 7.16. The Morgan fingerprint density at radius 2 is 1.67 bits per heavy atom. The van der Waals surface area contributed by atoms with Crippen molar-refractivity contribution >= 4 is 18.0 Å². The van der Waals surface area contributed by atoms with E-state index in [0.29, 0.717) is 23.3 Å². The number of hydrogen-bond acceptors (Lipinski definition) is 10. The maximum atomic E-state index is 13.8. The molecule has 0 aliphatic carbocycles. The molecule has 1 saturated heterocycles. The van der Waals surface area contributed by atoms with Crippen LogP contribution >= 0.6 is 0 Å². The minimum atomic E-state index is -0.929. The first-order valence-electron chi connectivity index (χ1n) is 16.3. The van der Waals surface area contributed by atoms with Crippen LogP contribution in [0, 0.1) is 5.92 Å². The van der Waals surface area contributed by atoms with Gasteiger partial charge in [0.15, 0.2) is 12.6 Å². The van der Waals surface area contributed by atoms with E-state index in [1.807, 2.05) is 76.3 Å². The standard InChI is InChI=1S/C39H44O10/c1-25-15-20-32(47-37(40)28-11-8-7-9-12-28)36-33(48-39(3,4)49-36)14-10-13-29-21-31(44-23-27-16-18-30(43-6)19-17-27)22-34(45-24-42-5)35(29)38(41)46-26(25)2/h7-13,15-22,25-26,32-33,36H,14,23-24H2,1-6H3/b13-10+,20-15-/t25-,26+,32?,33+,36?/m1/s1. The van der Waals surface area contributed by atoms with E-state index >= 15 is 0 Å². The zero-order valence-electron chi connectivity index (χ0n) is 28.8. The van der Waals surface area contributed by atoms with Gasteiger partial charge in [0.25, 0.3) is 0 Å². The molecule has 3 aromatic rings. The Morgan fingerprint density at radius 3 is 2.39 bits per heavy atom. The first-order chi connectivity index (χ1) is 23.6. The SMILES string of the molecule is COCOc1cc(OCc2ccc(OC)cc2)cc2c1C(=O)O[C@@H](C)[C@H](C)/C=C\C(OC(=O)c1ccccc1)C1OC(C)(C)O[C@H]1C/C=C/2. The van der Waals surface area contributed by atoms with Crippen molar-refractivity contribution in [2.75, 3.05) is 21.0 Å². The Bertz CT molecular complexity index is 1630. The van der Waals surface area contributed by atoms with E-state index in [2.05, 4.69) is 0 Å². The largest absolute Gasteiger partial charge is 0.497 e. The van der Waals surface area contributed by atoms with Crippen LogP contribution < -0.4 is 14.2 Å². The molecule has 1 fully saturated rings. The number of methoxy groups -OCH3 is 2. The molecule has 0 radical (unpaired) electrons. The zero-order valence-corrected chi connectivity index (χ0v) is 28.8. The van der Waals surface area contributed by atoms with E-state index in [1.165, 1.54) is 7.11 Å². The van der Waals surface area contributed by atoms with Crippen LogP contribution in [0.25, 0.3) is 6.08 Å². The van der Waals surface area contributed by atoms with Gasteiger partial charge in [-0.1, -0.05) is 55.5 Å². The summed E-state index contributed by atoms with van der Waals surface area (Å²) in [5.74, 6) is -0.745. The topological polar surface area (TPSA) is 108 Å². The fourth-order valence-electron chi connectivity index (χ4n) is 5.58. The van der Waals surface area contributed by atoms with E-state index < -0.39 is 42.1 Å². The number of ether oxygens (including phenoxy) is 8. The Balaban J connectivity index is 1.50. The highest BCUT2D eigenvalue weighted by Gasteiger charge is 2.45. The van der Waals surface area contributed by atoms with Gasteiger partial charge < -0.3 is 37.9 Å². The number of benzene rings is 3. The summed E-state index contributed by atoms with van der Waals surface area (Å²) in [7, 11) is 3.12. The third kappa shape index (κ3) is 9.29. The number of rotatable bonds is 9. The smallest absolute Gasteiger partial charge is 0.342 e. The summed E-state index contributed by atoms with van der Waals surface area (Å²) in [6, 6.07) is 19.8. The molecule has 2 aliphatic heterocycles. The van der Waals surface area contributed by atoms with Gasteiger partial charge in [0, 0.05) is 19.1 Å². The summed E-state index contributed by atoms with van der Waals surface area (Å²) in [5, 5.41) is 0. The predicted molar refractivity (Wildman–Crippen MR) is 183 cm³/mol. The first kappa shape index (κ1) is 35.7. The number of esters is 2. The summed E-state index contributed by atoms with van der Waals surface area (Å²) < 4.78 is 47.2. The van der Waals surface area contributed by atoms with Gasteiger partial charge in [0.2, 0.25) is 0 Å². The van der Waals surface area contributed by atoms with Crippen molar-refractivity contribution in [3.63, 3.8) is 0 Å². The Labute approximate surface area is 287 Å². The quantitative estimate of drug-likeness (QED) is 0.132. The van der Waals surface area contributed by atoms with Crippen LogP contribution in [0.1, 0.15) is 66.0 Å². The molecule has 5 rings (SSSR count). The summed E-state index contributed by atoms with van der Waals surface area (Å²) in [6.45, 7) is 7.57. The molecule has 10 heteroatoms. The van der Waals surface area contributed by atoms with Gasteiger partial charge in [-0.3, -0.25) is 0 Å². The van der Waals surface area contributed by atoms with E-state index in [-0.39, 0.29) is 30.6 Å². The maximum absolute atomic E-state index is 13.8. The van der Waals surface area contributed by atoms with Gasteiger partial charge in [-0.05, 0) is 74.7 Å². The number of cyclic esters (lactones) is 1. The Hall–Kier alpha value is -4.64. The van der Waals surface area contributed by atoms with Crippen LogP contribution in [0.5, 0.6) is 17.2 Å². The van der Waals surface area contributed by atoms with Gasteiger partial charge in [-0.25, -0.2) is 9.59 Å². The fraction of sp³-hybridized carbons (Fsp3) is 0.385. The summed E-state index contributed by atoms with van der Waals surface area (Å²) in [6.07, 6.45) is 5.32. The third-order valence-corrected chi connectivity index (χ3v) is 8.31. The molecule has 0 N–H and O–H groups in total. The molecular weight excluding hydrogens is 628 g/mol. The van der Waals surface area contributed by atoms with Gasteiger partial charge >= 0.3 is 11.9 Å². The molecule has 5 atom stereocenters. The molecule has 2 unspecified atom stereocenters. The van der Waals surface area contributed by atoms with Crippen LogP contribution in [-0.2, 0) is 30.3 Å². The van der Waals surface area contributed by atoms with Crippen LogP contribution in [0.2, 0.25) is 0 Å². The lowest BCUT2D eigenvalue weighted by molar-refractivity contribution is -0.152. The minimum Gasteiger partial charge on any atom is -0.497 e. The summed E-state index contributed by atoms with van der Waals surface area (Å²) in [5.41, 5.74) is 2.12. The average molecular weight is 673 g/mol. The van der Waals surface area contributed by atoms with E-state index in [4.69, 9.17) is 37.9 Å². The molecule has 0 saturated carbocycles. The van der Waals surface area contributed by atoms with Gasteiger partial charge in [-0.2, -0.15) is 0 Å². The summed E-state index contributed by atoms with van der Waals surface area (Å²) >= 11 is 0. The second-order valence-corrected chi connectivity index (χ2v) is 12.4. The Morgan fingerprint density at radius 1 is 0.918 bits per heavy atom. The van der Waals surface area contributed by atoms with E-state index in [9.17, 15) is 9.59 Å². The Kier molecular flexibility index (Phi) is 11.8. The second kappa shape index (κ2) is 16.2. The first-order valence-corrected chi connectivity index (χ1v) is 16.3. The minimum absolute atomic E-state index is 0.0901. The van der Waals surface area contributed by atoms with Crippen LogP contribution in [-0.4, -0.2) is 63.2 Å². The van der Waals surface area contributed by atoms with Crippen molar-refractivity contribution in [3.05, 3.63) is 107 Å². The van der Waals surface area contributed by atoms with Crippen LogP contribution in [0.4, 0.5) is 0 Å². The number of fused-ring (bicyclic) bond motifs is 2. The van der Waals surface area contributed by atoms with Gasteiger partial charge in [0.1, 0.15) is 47.7 Å². The highest BCUT2D eigenvalue weighted by Crippen LogP contribution is 2.36. The lowest BCUT2D eigenvalue weighted by Crippen LogP contribution is -2.37. The van der Waals surface area contributed by atoms with Crippen molar-refractivity contribution in [1.29, 1.82) is 0 Å². The number of carbonyl (C=O) groups excluding carboxylic acids is 2. The van der Waals surface area contributed by atoms with Crippen LogP contribution in [0.15, 0.2) is 85.0 Å². The molecule has 0 amide bonds. The van der Waals surface area contributed by atoms with E-state index in [0.717, 1.165) is 11.3 Å². The highest BCUT2D eigenvalue weighted by atomic mass is 16.8. The lowest BCUT2D eigenvalue weighted by Gasteiger charge is -2.25. The molecule has 10 nitrogen and oxygen atoms in total. The van der Waals surface area contributed by atoms with Crippen molar-refractivity contribution in [3.8, 4) is 17.2 Å². The van der Waals surface area contributed by atoms with Crippen LogP contribution in [0.3, 0.4) is 0 Å². The molecule has 0 aromatic heterocycles. The molecule has 0 spiro atoms. The lowest BCUT2D eigenvalue weighted by atomic mass is 9.98. The van der Waals surface area contributed by atoms with Crippen molar-refractivity contribution < 1.29 is 47.5 Å². The second-order valence-electron chi connectivity index (χ2n) is 12.4. The molecule has 3 aromatic carbocycles. The average Bonchev–Trinajstić information content (AvgIpc) is 3.41. The summed E-state index contributed by atoms with van der Waals surface area (Å²) in [4.78, 5) is 27.0.